The van der Waals surface area contributed by atoms with Crippen LogP contribution in [0.3, 0.4) is 0 Å². The maximum atomic E-state index is 11.3. The van der Waals surface area contributed by atoms with Crippen LogP contribution in [-0.4, -0.2) is 35.2 Å². The molecule has 1 heterocycles. The average molecular weight is 251 g/mol. The number of hydrogen-bond donors (Lipinski definition) is 1. The van der Waals surface area contributed by atoms with Crippen LogP contribution in [0.4, 0.5) is 5.95 Å². The van der Waals surface area contributed by atoms with Gasteiger partial charge in [-0.05, 0) is 13.8 Å². The smallest absolute Gasteiger partial charge is 0.250 e. The van der Waals surface area contributed by atoms with Crippen LogP contribution in [0.5, 0.6) is 0 Å². The molecule has 0 aliphatic carbocycles. The van der Waals surface area contributed by atoms with E-state index in [4.69, 9.17) is 11.6 Å². The molecule has 0 aromatic carbocycles. The predicted molar refractivity (Wildman–Crippen MR) is 57.4 cm³/mol. The van der Waals surface area contributed by atoms with E-state index in [9.17, 15) is 8.42 Å². The Morgan fingerprint density at radius 1 is 1.27 bits per heavy atom. The molecular formula is C7H11ClN4O2S. The Hall–Kier alpha value is -0.950. The van der Waals surface area contributed by atoms with Gasteiger partial charge >= 0.3 is 0 Å². The standard InChI is InChI=1S/C7H11ClN4O2S/c1-5-6(2)10-11-7(9-5)12-15(13,14)4-3-8/h3-4H2,1-2H3,(H,9,11,12). The number of alkyl halides is 1. The van der Waals surface area contributed by atoms with Gasteiger partial charge in [0.05, 0.1) is 17.1 Å². The summed E-state index contributed by atoms with van der Waals surface area (Å²) in [5, 5.41) is 7.36. The van der Waals surface area contributed by atoms with Crippen LogP contribution < -0.4 is 4.72 Å². The topological polar surface area (TPSA) is 84.8 Å². The van der Waals surface area contributed by atoms with Crippen molar-refractivity contribution in [1.29, 1.82) is 0 Å². The molecular weight excluding hydrogens is 240 g/mol. The van der Waals surface area contributed by atoms with E-state index >= 15 is 0 Å². The van der Waals surface area contributed by atoms with E-state index in [1.807, 2.05) is 0 Å². The van der Waals surface area contributed by atoms with Gasteiger partial charge in [-0.1, -0.05) is 0 Å². The van der Waals surface area contributed by atoms with Crippen molar-refractivity contribution < 1.29 is 8.42 Å². The lowest BCUT2D eigenvalue weighted by atomic mass is 10.4. The minimum Gasteiger partial charge on any atom is -0.250 e. The van der Waals surface area contributed by atoms with Crippen LogP contribution >= 0.6 is 11.6 Å². The number of hydrogen-bond acceptors (Lipinski definition) is 5. The van der Waals surface area contributed by atoms with E-state index in [2.05, 4.69) is 19.9 Å². The molecule has 1 rings (SSSR count). The van der Waals surface area contributed by atoms with Crippen molar-refractivity contribution in [3.63, 3.8) is 0 Å². The molecule has 8 heteroatoms. The first-order valence-corrected chi connectivity index (χ1v) is 6.37. The zero-order valence-corrected chi connectivity index (χ0v) is 9.93. The summed E-state index contributed by atoms with van der Waals surface area (Å²) in [6.45, 7) is 3.47. The molecule has 1 N–H and O–H groups in total. The summed E-state index contributed by atoms with van der Waals surface area (Å²) < 4.78 is 24.8. The fourth-order valence-corrected chi connectivity index (χ4v) is 2.07. The molecule has 0 fully saturated rings. The Labute approximate surface area is 93.1 Å². The van der Waals surface area contributed by atoms with Crippen molar-refractivity contribution in [3.8, 4) is 0 Å². The lowest BCUT2D eigenvalue weighted by Crippen LogP contribution is -2.20. The Bertz CT molecular complexity index is 448. The molecule has 15 heavy (non-hydrogen) atoms. The van der Waals surface area contributed by atoms with Crippen molar-refractivity contribution in [1.82, 2.24) is 15.2 Å². The number of aromatic nitrogens is 3. The third-order valence-corrected chi connectivity index (χ3v) is 3.33. The van der Waals surface area contributed by atoms with Gasteiger partial charge in [-0.15, -0.1) is 16.7 Å². The fraction of sp³-hybridized carbons (Fsp3) is 0.571. The second-order valence-corrected chi connectivity index (χ2v) is 5.14. The average Bonchev–Trinajstić information content (AvgIpc) is 2.10. The number of sulfonamides is 1. The van der Waals surface area contributed by atoms with E-state index in [0.29, 0.717) is 11.4 Å². The number of anilines is 1. The summed E-state index contributed by atoms with van der Waals surface area (Å²) in [5.41, 5.74) is 1.30. The number of aryl methyl sites for hydroxylation is 2. The molecule has 0 radical (unpaired) electrons. The summed E-state index contributed by atoms with van der Waals surface area (Å²) in [6, 6.07) is 0. The fourth-order valence-electron chi connectivity index (χ4n) is 0.792. The first kappa shape index (κ1) is 12.1. The third-order valence-electron chi connectivity index (χ3n) is 1.68. The molecule has 1 aromatic rings. The quantitative estimate of drug-likeness (QED) is 0.785. The molecule has 84 valence electrons. The highest BCUT2D eigenvalue weighted by Gasteiger charge is 2.12. The van der Waals surface area contributed by atoms with Crippen molar-refractivity contribution in [2.24, 2.45) is 0 Å². The second-order valence-electron chi connectivity index (χ2n) is 2.92. The predicted octanol–water partition coefficient (Wildman–Crippen LogP) is 0.469. The maximum absolute atomic E-state index is 11.3. The molecule has 0 amide bonds. The van der Waals surface area contributed by atoms with Gasteiger partial charge in [0.2, 0.25) is 10.0 Å². The van der Waals surface area contributed by atoms with Crippen LogP contribution in [0.1, 0.15) is 11.4 Å². The Morgan fingerprint density at radius 3 is 2.47 bits per heavy atom. The van der Waals surface area contributed by atoms with E-state index in [0.717, 1.165) is 0 Å². The van der Waals surface area contributed by atoms with Crippen molar-refractivity contribution in [2.45, 2.75) is 13.8 Å². The van der Waals surface area contributed by atoms with Crippen LogP contribution in [0.15, 0.2) is 0 Å². The second kappa shape index (κ2) is 4.71. The van der Waals surface area contributed by atoms with Crippen molar-refractivity contribution in [2.75, 3.05) is 16.4 Å². The van der Waals surface area contributed by atoms with Gasteiger partial charge in [-0.3, -0.25) is 0 Å². The van der Waals surface area contributed by atoms with Crippen LogP contribution in [0, 0.1) is 13.8 Å². The molecule has 0 saturated heterocycles. The van der Waals surface area contributed by atoms with Gasteiger partial charge in [0.1, 0.15) is 0 Å². The molecule has 0 aliphatic rings. The summed E-state index contributed by atoms with van der Waals surface area (Å²) in [5.74, 6) is -0.179. The number of nitrogens with zero attached hydrogens (tertiary/aromatic N) is 3. The zero-order chi connectivity index (χ0) is 11.5. The van der Waals surface area contributed by atoms with Gasteiger partial charge in [-0.2, -0.15) is 5.10 Å². The van der Waals surface area contributed by atoms with Crippen molar-refractivity contribution >= 4 is 27.6 Å². The molecule has 6 nitrogen and oxygen atoms in total. The molecule has 0 bridgehead atoms. The van der Waals surface area contributed by atoms with Gasteiger partial charge < -0.3 is 0 Å². The minimum absolute atomic E-state index is 0.0214. The normalized spacial score (nSPS) is 11.4. The van der Waals surface area contributed by atoms with Gasteiger partial charge in [-0.25, -0.2) is 18.1 Å². The van der Waals surface area contributed by atoms with E-state index < -0.39 is 10.0 Å². The molecule has 0 unspecified atom stereocenters. The lowest BCUT2D eigenvalue weighted by molar-refractivity contribution is 0.602. The highest BCUT2D eigenvalue weighted by Crippen LogP contribution is 2.04. The molecule has 0 aliphatic heterocycles. The van der Waals surface area contributed by atoms with Crippen molar-refractivity contribution in [3.05, 3.63) is 11.4 Å². The minimum atomic E-state index is -3.46. The monoisotopic (exact) mass is 250 g/mol. The van der Waals surface area contributed by atoms with Gasteiger partial charge in [0, 0.05) is 5.88 Å². The van der Waals surface area contributed by atoms with Gasteiger partial charge in [0.15, 0.2) is 0 Å². The molecule has 0 saturated carbocycles. The first-order chi connectivity index (χ1) is 6.94. The first-order valence-electron chi connectivity index (χ1n) is 4.19. The summed E-state index contributed by atoms with van der Waals surface area (Å²) in [4.78, 5) is 3.93. The van der Waals surface area contributed by atoms with Crippen LogP contribution in [-0.2, 0) is 10.0 Å². The maximum Gasteiger partial charge on any atom is 0.256 e. The van der Waals surface area contributed by atoms with E-state index in [-0.39, 0.29) is 17.6 Å². The molecule has 1 aromatic heterocycles. The van der Waals surface area contributed by atoms with Crippen LogP contribution in [0.25, 0.3) is 0 Å². The Balaban J connectivity index is 2.86. The summed E-state index contributed by atoms with van der Waals surface area (Å²) in [6.07, 6.45) is 0. The van der Waals surface area contributed by atoms with E-state index in [1.54, 1.807) is 13.8 Å². The third kappa shape index (κ3) is 3.60. The SMILES string of the molecule is Cc1nnc(NS(=O)(=O)CCCl)nc1C. The largest absolute Gasteiger partial charge is 0.256 e. The van der Waals surface area contributed by atoms with Crippen LogP contribution in [0.2, 0.25) is 0 Å². The number of halogens is 1. The Morgan fingerprint density at radius 2 is 1.93 bits per heavy atom. The number of rotatable bonds is 4. The molecule has 0 spiro atoms. The Kier molecular flexibility index (Phi) is 3.81. The zero-order valence-electron chi connectivity index (χ0n) is 8.36. The van der Waals surface area contributed by atoms with E-state index in [1.165, 1.54) is 0 Å². The molecule has 0 atom stereocenters. The summed E-state index contributed by atoms with van der Waals surface area (Å²) >= 11 is 5.33. The highest BCUT2D eigenvalue weighted by atomic mass is 35.5. The summed E-state index contributed by atoms with van der Waals surface area (Å²) in [7, 11) is -3.46. The van der Waals surface area contributed by atoms with Gasteiger partial charge in [0.25, 0.3) is 5.95 Å². The number of nitrogens with one attached hydrogen (secondary N) is 1. The highest BCUT2D eigenvalue weighted by molar-refractivity contribution is 7.92. The lowest BCUT2D eigenvalue weighted by Gasteiger charge is -2.05.